The highest BCUT2D eigenvalue weighted by molar-refractivity contribution is 6.39. The van der Waals surface area contributed by atoms with E-state index in [9.17, 15) is 4.79 Å². The highest BCUT2D eigenvalue weighted by Gasteiger charge is 2.11. The summed E-state index contributed by atoms with van der Waals surface area (Å²) in [6.07, 6.45) is 0. The summed E-state index contributed by atoms with van der Waals surface area (Å²) in [5.41, 5.74) is 0.344. The van der Waals surface area contributed by atoms with Crippen molar-refractivity contribution in [2.45, 2.75) is 0 Å². The number of carbonyl (C=O) groups is 1. The van der Waals surface area contributed by atoms with E-state index < -0.39 is 5.91 Å². The zero-order valence-corrected chi connectivity index (χ0v) is 13.5. The maximum Gasteiger partial charge on any atom is 0.262 e. The lowest BCUT2D eigenvalue weighted by molar-refractivity contribution is -0.118. The van der Waals surface area contributed by atoms with Gasteiger partial charge in [0.05, 0.1) is 20.8 Å². The first-order chi connectivity index (χ1) is 9.97. The summed E-state index contributed by atoms with van der Waals surface area (Å²) in [5.74, 6) is -0.0440. The minimum atomic E-state index is -0.406. The van der Waals surface area contributed by atoms with Crippen molar-refractivity contribution in [3.8, 4) is 5.75 Å². The fraction of sp³-hybridized carbons (Fsp3) is 0.0714. The predicted octanol–water partition coefficient (Wildman–Crippen LogP) is 5.32. The topological polar surface area (TPSA) is 38.3 Å². The Labute approximate surface area is 141 Å². The van der Waals surface area contributed by atoms with Gasteiger partial charge in [0.15, 0.2) is 6.61 Å². The molecule has 0 saturated carbocycles. The lowest BCUT2D eigenvalue weighted by atomic mass is 10.3. The highest BCUT2D eigenvalue weighted by atomic mass is 35.5. The van der Waals surface area contributed by atoms with Crippen LogP contribution >= 0.6 is 46.4 Å². The molecule has 0 atom stereocenters. The summed E-state index contributed by atoms with van der Waals surface area (Å²) in [7, 11) is 0. The lowest BCUT2D eigenvalue weighted by Crippen LogP contribution is -2.20. The Balaban J connectivity index is 1.99. The summed E-state index contributed by atoms with van der Waals surface area (Å²) in [6.45, 7) is -0.233. The third-order valence-corrected chi connectivity index (χ3v) is 3.64. The van der Waals surface area contributed by atoms with Crippen LogP contribution in [-0.4, -0.2) is 12.5 Å². The second-order valence-electron chi connectivity index (χ2n) is 4.01. The SMILES string of the molecule is O=C(COc1ccc(Cl)cc1Cl)Nc1c(Cl)cccc1Cl. The molecule has 0 spiro atoms. The number of halogens is 4. The normalized spacial score (nSPS) is 10.3. The van der Waals surface area contributed by atoms with Crippen molar-refractivity contribution in [3.63, 3.8) is 0 Å². The third-order valence-electron chi connectivity index (χ3n) is 2.48. The van der Waals surface area contributed by atoms with Crippen LogP contribution in [0.25, 0.3) is 0 Å². The Hall–Kier alpha value is -1.13. The van der Waals surface area contributed by atoms with Gasteiger partial charge in [-0.1, -0.05) is 52.5 Å². The van der Waals surface area contributed by atoms with E-state index in [1.165, 1.54) is 6.07 Å². The van der Waals surface area contributed by atoms with Crippen molar-refractivity contribution < 1.29 is 9.53 Å². The molecule has 21 heavy (non-hydrogen) atoms. The Morgan fingerprint density at radius 2 is 1.67 bits per heavy atom. The molecule has 0 aliphatic heterocycles. The maximum atomic E-state index is 11.8. The molecular formula is C14H9Cl4NO2. The Morgan fingerprint density at radius 3 is 2.29 bits per heavy atom. The summed E-state index contributed by atoms with van der Waals surface area (Å²) >= 11 is 23.6. The fourth-order valence-corrected chi connectivity index (χ4v) is 2.48. The number of benzene rings is 2. The van der Waals surface area contributed by atoms with E-state index >= 15 is 0 Å². The highest BCUT2D eigenvalue weighted by Crippen LogP contribution is 2.30. The van der Waals surface area contributed by atoms with Crippen LogP contribution in [0.5, 0.6) is 5.75 Å². The number of rotatable bonds is 4. The number of anilines is 1. The molecule has 3 nitrogen and oxygen atoms in total. The molecule has 1 amide bonds. The van der Waals surface area contributed by atoms with Crippen LogP contribution in [0.2, 0.25) is 20.1 Å². The van der Waals surface area contributed by atoms with E-state index in [1.54, 1.807) is 30.3 Å². The molecule has 110 valence electrons. The first kappa shape index (κ1) is 16.2. The number of amides is 1. The molecule has 0 saturated heterocycles. The smallest absolute Gasteiger partial charge is 0.262 e. The number of hydrogen-bond acceptors (Lipinski definition) is 2. The van der Waals surface area contributed by atoms with Crippen LogP contribution in [0, 0.1) is 0 Å². The number of nitrogens with one attached hydrogen (secondary N) is 1. The predicted molar refractivity (Wildman–Crippen MR) is 87.0 cm³/mol. The van der Waals surface area contributed by atoms with Crippen LogP contribution in [-0.2, 0) is 4.79 Å². The van der Waals surface area contributed by atoms with Crippen LogP contribution < -0.4 is 10.1 Å². The van der Waals surface area contributed by atoms with Crippen molar-refractivity contribution in [1.82, 2.24) is 0 Å². The standard InChI is InChI=1S/C14H9Cl4NO2/c15-8-4-5-12(11(18)6-8)21-7-13(20)19-14-9(16)2-1-3-10(14)17/h1-6H,7H2,(H,19,20). The van der Waals surface area contributed by atoms with Crippen molar-refractivity contribution in [1.29, 1.82) is 0 Å². The summed E-state index contributed by atoms with van der Waals surface area (Å²) < 4.78 is 5.32. The van der Waals surface area contributed by atoms with Crippen molar-refractivity contribution >= 4 is 58.0 Å². The summed E-state index contributed by atoms with van der Waals surface area (Å²) in [4.78, 5) is 11.8. The summed E-state index contributed by atoms with van der Waals surface area (Å²) in [5, 5.41) is 4.09. The van der Waals surface area contributed by atoms with Gasteiger partial charge in [-0.05, 0) is 30.3 Å². The van der Waals surface area contributed by atoms with Gasteiger partial charge in [0.1, 0.15) is 5.75 Å². The van der Waals surface area contributed by atoms with Crippen LogP contribution in [0.3, 0.4) is 0 Å². The first-order valence-electron chi connectivity index (χ1n) is 5.79. The largest absolute Gasteiger partial charge is 0.482 e. The Morgan fingerprint density at radius 1 is 1.00 bits per heavy atom. The van der Waals surface area contributed by atoms with Crippen LogP contribution in [0.15, 0.2) is 36.4 Å². The second kappa shape index (κ2) is 7.23. The van der Waals surface area contributed by atoms with Gasteiger partial charge in [-0.25, -0.2) is 0 Å². The zero-order valence-electron chi connectivity index (χ0n) is 10.5. The van der Waals surface area contributed by atoms with Crippen LogP contribution in [0.4, 0.5) is 5.69 Å². The molecule has 0 unspecified atom stereocenters. The van der Waals surface area contributed by atoms with E-state index in [-0.39, 0.29) is 6.61 Å². The molecule has 0 heterocycles. The molecule has 2 aromatic rings. The molecular weight excluding hydrogens is 356 g/mol. The third kappa shape index (κ3) is 4.42. The van der Waals surface area contributed by atoms with Gasteiger partial charge < -0.3 is 10.1 Å². The quantitative estimate of drug-likeness (QED) is 0.797. The first-order valence-corrected chi connectivity index (χ1v) is 7.30. The Kier molecular flexibility index (Phi) is 5.59. The van der Waals surface area contributed by atoms with Gasteiger partial charge in [-0.3, -0.25) is 4.79 Å². The van der Waals surface area contributed by atoms with Gasteiger partial charge in [0.25, 0.3) is 5.91 Å². The zero-order chi connectivity index (χ0) is 15.4. The molecule has 0 fully saturated rings. The Bertz CT molecular complexity index is 656. The van der Waals surface area contributed by atoms with E-state index in [1.807, 2.05) is 0 Å². The second-order valence-corrected chi connectivity index (χ2v) is 5.67. The van der Waals surface area contributed by atoms with E-state index in [2.05, 4.69) is 5.32 Å². The summed E-state index contributed by atoms with van der Waals surface area (Å²) in [6, 6.07) is 9.66. The van der Waals surface area contributed by atoms with Crippen molar-refractivity contribution in [2.75, 3.05) is 11.9 Å². The van der Waals surface area contributed by atoms with Gasteiger partial charge in [-0.2, -0.15) is 0 Å². The maximum absolute atomic E-state index is 11.8. The van der Waals surface area contributed by atoms with E-state index in [4.69, 9.17) is 51.1 Å². The monoisotopic (exact) mass is 363 g/mol. The molecule has 0 radical (unpaired) electrons. The minimum Gasteiger partial charge on any atom is -0.482 e. The number of carbonyl (C=O) groups excluding carboxylic acids is 1. The molecule has 2 aromatic carbocycles. The van der Waals surface area contributed by atoms with Crippen molar-refractivity contribution in [2.24, 2.45) is 0 Å². The molecule has 0 aromatic heterocycles. The van der Waals surface area contributed by atoms with Gasteiger partial charge in [-0.15, -0.1) is 0 Å². The van der Waals surface area contributed by atoms with E-state index in [0.717, 1.165) is 0 Å². The number of ether oxygens (including phenoxy) is 1. The molecule has 0 bridgehead atoms. The average molecular weight is 365 g/mol. The lowest BCUT2D eigenvalue weighted by Gasteiger charge is -2.11. The van der Waals surface area contributed by atoms with Crippen molar-refractivity contribution in [3.05, 3.63) is 56.5 Å². The van der Waals surface area contributed by atoms with Crippen LogP contribution in [0.1, 0.15) is 0 Å². The molecule has 0 aliphatic carbocycles. The fourth-order valence-electron chi connectivity index (χ4n) is 1.53. The van der Waals surface area contributed by atoms with E-state index in [0.29, 0.717) is 31.5 Å². The molecule has 2 rings (SSSR count). The number of hydrogen-bond donors (Lipinski definition) is 1. The molecule has 7 heteroatoms. The minimum absolute atomic E-state index is 0.233. The number of para-hydroxylation sites is 1. The van der Waals surface area contributed by atoms with Gasteiger partial charge in [0.2, 0.25) is 0 Å². The average Bonchev–Trinajstić information content (AvgIpc) is 2.42. The van der Waals surface area contributed by atoms with Gasteiger partial charge in [0, 0.05) is 5.02 Å². The molecule has 0 aliphatic rings. The molecule has 1 N–H and O–H groups in total. The van der Waals surface area contributed by atoms with Gasteiger partial charge >= 0.3 is 0 Å².